The largest absolute Gasteiger partial charge is 0.497 e. The molecule has 1 N–H and O–H groups in total. The van der Waals surface area contributed by atoms with Crippen LogP contribution >= 0.6 is 11.3 Å². The van der Waals surface area contributed by atoms with Crippen molar-refractivity contribution in [1.82, 2.24) is 14.8 Å². The van der Waals surface area contributed by atoms with Crippen molar-refractivity contribution in [2.45, 2.75) is 24.8 Å². The Balaban J connectivity index is 1.54. The zero-order valence-corrected chi connectivity index (χ0v) is 15.6. The Morgan fingerprint density at radius 2 is 2.07 bits per heavy atom. The average molecular weight is 378 g/mol. The van der Waals surface area contributed by atoms with Crippen LogP contribution in [-0.2, 0) is 4.79 Å². The quantitative estimate of drug-likeness (QED) is 0.751. The first-order valence-electron chi connectivity index (χ1n) is 8.84. The maximum absolute atomic E-state index is 13.2. The van der Waals surface area contributed by atoms with Crippen molar-refractivity contribution in [2.24, 2.45) is 0 Å². The van der Waals surface area contributed by atoms with E-state index in [1.54, 1.807) is 18.4 Å². The van der Waals surface area contributed by atoms with Gasteiger partial charge in [-0.05, 0) is 41.5 Å². The molecule has 2 unspecified atom stereocenters. The second-order valence-corrected chi connectivity index (χ2v) is 7.74. The molecule has 7 heteroatoms. The summed E-state index contributed by atoms with van der Waals surface area (Å²) < 4.78 is 7.06. The van der Waals surface area contributed by atoms with E-state index < -0.39 is 0 Å². The molecule has 0 spiro atoms. The fraction of sp³-hybridized carbons (Fsp3) is 0.250. The molecule has 2 aromatic heterocycles. The SMILES string of the molecule is COc1ccc(C2CC(=O)C3=C(C2)Nc2ncnn2C3c2cccs2)cc1. The number of allylic oxidation sites excluding steroid dienone is 2. The van der Waals surface area contributed by atoms with Gasteiger partial charge in [-0.3, -0.25) is 4.79 Å². The molecule has 1 aromatic carbocycles. The molecule has 2 atom stereocenters. The summed E-state index contributed by atoms with van der Waals surface area (Å²) in [6, 6.07) is 11.9. The van der Waals surface area contributed by atoms with Crippen LogP contribution in [0.4, 0.5) is 5.95 Å². The molecule has 1 aliphatic carbocycles. The van der Waals surface area contributed by atoms with Crippen LogP contribution in [0, 0.1) is 0 Å². The summed E-state index contributed by atoms with van der Waals surface area (Å²) in [7, 11) is 1.66. The number of benzene rings is 1. The molecule has 3 heterocycles. The highest BCUT2D eigenvalue weighted by molar-refractivity contribution is 7.10. The van der Waals surface area contributed by atoms with Crippen molar-refractivity contribution in [2.75, 3.05) is 12.4 Å². The van der Waals surface area contributed by atoms with Gasteiger partial charge in [-0.2, -0.15) is 10.1 Å². The number of anilines is 1. The normalized spacial score (nSPS) is 21.4. The summed E-state index contributed by atoms with van der Waals surface area (Å²) in [6.45, 7) is 0. The van der Waals surface area contributed by atoms with Crippen LogP contribution in [0.1, 0.15) is 35.2 Å². The number of Topliss-reactive ketones (excluding diaryl/α,β-unsaturated/α-hetero) is 1. The summed E-state index contributed by atoms with van der Waals surface area (Å²) in [5.41, 5.74) is 2.93. The highest BCUT2D eigenvalue weighted by atomic mass is 32.1. The number of carbonyl (C=O) groups excluding carboxylic acids is 1. The van der Waals surface area contributed by atoms with Gasteiger partial charge in [-0.25, -0.2) is 4.68 Å². The monoisotopic (exact) mass is 378 g/mol. The first kappa shape index (κ1) is 16.3. The molecule has 0 fully saturated rings. The van der Waals surface area contributed by atoms with E-state index in [2.05, 4.69) is 21.5 Å². The third kappa shape index (κ3) is 2.66. The molecule has 0 saturated carbocycles. The van der Waals surface area contributed by atoms with Crippen LogP contribution in [0.2, 0.25) is 0 Å². The lowest BCUT2D eigenvalue weighted by molar-refractivity contribution is -0.116. The van der Waals surface area contributed by atoms with E-state index in [0.717, 1.165) is 33.9 Å². The van der Waals surface area contributed by atoms with Crippen molar-refractivity contribution < 1.29 is 9.53 Å². The van der Waals surface area contributed by atoms with Gasteiger partial charge >= 0.3 is 0 Å². The predicted octanol–water partition coefficient (Wildman–Crippen LogP) is 3.76. The van der Waals surface area contributed by atoms with E-state index in [9.17, 15) is 4.79 Å². The van der Waals surface area contributed by atoms with Gasteiger partial charge in [-0.1, -0.05) is 18.2 Å². The number of carbonyl (C=O) groups is 1. The number of hydrogen-bond acceptors (Lipinski definition) is 6. The van der Waals surface area contributed by atoms with E-state index >= 15 is 0 Å². The predicted molar refractivity (Wildman–Crippen MR) is 103 cm³/mol. The topological polar surface area (TPSA) is 69.0 Å². The second-order valence-electron chi connectivity index (χ2n) is 6.76. The van der Waals surface area contributed by atoms with Gasteiger partial charge in [0.25, 0.3) is 0 Å². The van der Waals surface area contributed by atoms with E-state index in [0.29, 0.717) is 12.4 Å². The molecular formula is C20H18N4O2S. The minimum Gasteiger partial charge on any atom is -0.497 e. The zero-order chi connectivity index (χ0) is 18.4. The van der Waals surface area contributed by atoms with Crippen molar-refractivity contribution in [3.05, 3.63) is 69.8 Å². The number of methoxy groups -OCH3 is 1. The van der Waals surface area contributed by atoms with E-state index in [1.165, 1.54) is 6.33 Å². The first-order valence-corrected chi connectivity index (χ1v) is 9.72. The highest BCUT2D eigenvalue weighted by Crippen LogP contribution is 2.44. The van der Waals surface area contributed by atoms with Crippen LogP contribution in [0.5, 0.6) is 5.75 Å². The zero-order valence-electron chi connectivity index (χ0n) is 14.8. The molecule has 3 aromatic rings. The Hall–Kier alpha value is -2.93. The van der Waals surface area contributed by atoms with Crippen LogP contribution in [0.25, 0.3) is 0 Å². The molecule has 0 amide bonds. The number of nitrogens with zero attached hydrogens (tertiary/aromatic N) is 3. The number of fused-ring (bicyclic) bond motifs is 1. The van der Waals surface area contributed by atoms with Crippen molar-refractivity contribution in [3.63, 3.8) is 0 Å². The van der Waals surface area contributed by atoms with E-state index in [1.807, 2.05) is 40.4 Å². The standard InChI is InChI=1S/C20H18N4O2S/c1-26-14-6-4-12(5-7-14)13-9-15-18(16(25)10-13)19(17-3-2-8-27-17)24-20(23-15)21-11-22-24/h2-8,11,13,19H,9-10H2,1H3,(H,21,22,23). The molecule has 1 aliphatic heterocycles. The fourth-order valence-corrected chi connectivity index (χ4v) is 4.79. The molecule has 0 bridgehead atoms. The number of hydrogen-bond donors (Lipinski definition) is 1. The summed E-state index contributed by atoms with van der Waals surface area (Å²) in [6.07, 6.45) is 2.81. The number of aromatic nitrogens is 3. The number of ether oxygens (including phenoxy) is 1. The summed E-state index contributed by atoms with van der Waals surface area (Å²) >= 11 is 1.64. The lowest BCUT2D eigenvalue weighted by Crippen LogP contribution is -2.33. The second kappa shape index (κ2) is 6.35. The minimum atomic E-state index is -0.192. The molecule has 0 radical (unpaired) electrons. The number of thiophene rings is 1. The molecule has 0 saturated heterocycles. The number of nitrogens with one attached hydrogen (secondary N) is 1. The lowest BCUT2D eigenvalue weighted by Gasteiger charge is -2.34. The summed E-state index contributed by atoms with van der Waals surface area (Å²) in [5, 5.41) is 9.75. The molecule has 6 nitrogen and oxygen atoms in total. The van der Waals surface area contributed by atoms with Gasteiger partial charge in [0.2, 0.25) is 5.95 Å². The molecule has 136 valence electrons. The van der Waals surface area contributed by atoms with Crippen LogP contribution in [0.15, 0.2) is 59.4 Å². The van der Waals surface area contributed by atoms with Crippen molar-refractivity contribution in [1.29, 1.82) is 0 Å². The Morgan fingerprint density at radius 3 is 2.81 bits per heavy atom. The fourth-order valence-electron chi connectivity index (χ4n) is 3.97. The first-order chi connectivity index (χ1) is 13.2. The average Bonchev–Trinajstić information content (AvgIpc) is 3.38. The Labute approximate surface area is 160 Å². The van der Waals surface area contributed by atoms with E-state index in [-0.39, 0.29) is 17.7 Å². The summed E-state index contributed by atoms with van der Waals surface area (Å²) in [5.74, 6) is 1.83. The molecule has 2 aliphatic rings. The smallest absolute Gasteiger partial charge is 0.226 e. The van der Waals surface area contributed by atoms with E-state index in [4.69, 9.17) is 4.74 Å². The lowest BCUT2D eigenvalue weighted by atomic mass is 9.79. The Morgan fingerprint density at radius 1 is 1.22 bits per heavy atom. The third-order valence-corrected chi connectivity index (χ3v) is 6.19. The minimum absolute atomic E-state index is 0.146. The highest BCUT2D eigenvalue weighted by Gasteiger charge is 2.39. The van der Waals surface area contributed by atoms with Crippen LogP contribution in [-0.4, -0.2) is 27.7 Å². The summed E-state index contributed by atoms with van der Waals surface area (Å²) in [4.78, 5) is 18.6. The number of rotatable bonds is 3. The molecule has 27 heavy (non-hydrogen) atoms. The maximum Gasteiger partial charge on any atom is 0.226 e. The van der Waals surface area contributed by atoms with Gasteiger partial charge in [0.1, 0.15) is 18.1 Å². The van der Waals surface area contributed by atoms with Crippen molar-refractivity contribution in [3.8, 4) is 5.75 Å². The molecule has 5 rings (SSSR count). The maximum atomic E-state index is 13.2. The van der Waals surface area contributed by atoms with Gasteiger partial charge in [0.15, 0.2) is 5.78 Å². The Kier molecular flexibility index (Phi) is 3.82. The molecular weight excluding hydrogens is 360 g/mol. The number of ketones is 1. The third-order valence-electron chi connectivity index (χ3n) is 5.26. The van der Waals surface area contributed by atoms with Crippen molar-refractivity contribution >= 4 is 23.1 Å². The van der Waals surface area contributed by atoms with Gasteiger partial charge in [0.05, 0.1) is 7.11 Å². The van der Waals surface area contributed by atoms with Gasteiger partial charge < -0.3 is 10.1 Å². The van der Waals surface area contributed by atoms with Crippen LogP contribution < -0.4 is 10.1 Å². The van der Waals surface area contributed by atoms with Gasteiger partial charge in [0, 0.05) is 22.6 Å². The Bertz CT molecular complexity index is 1020. The van der Waals surface area contributed by atoms with Gasteiger partial charge in [-0.15, -0.1) is 11.3 Å². The van der Waals surface area contributed by atoms with Crippen LogP contribution in [0.3, 0.4) is 0 Å².